The minimum atomic E-state index is -0.805. The number of hydrogen-bond acceptors (Lipinski definition) is 3. The summed E-state index contributed by atoms with van der Waals surface area (Å²) in [6.07, 6.45) is 0. The molecule has 3 unspecified atom stereocenters. The summed E-state index contributed by atoms with van der Waals surface area (Å²) in [6, 6.07) is 9.07. The zero-order valence-corrected chi connectivity index (χ0v) is 10.6. The molecular formula is C13H17NO2S. The van der Waals surface area contributed by atoms with Crippen molar-refractivity contribution < 1.29 is 9.90 Å². The molecule has 1 aliphatic heterocycles. The molecule has 1 fully saturated rings. The van der Waals surface area contributed by atoms with Gasteiger partial charge in [0.25, 0.3) is 0 Å². The lowest BCUT2D eigenvalue weighted by molar-refractivity contribution is -0.139. The molecule has 0 saturated carbocycles. The smallest absolute Gasteiger partial charge is 0.325 e. The van der Waals surface area contributed by atoms with Gasteiger partial charge < -0.3 is 5.11 Å². The Kier molecular flexibility index (Phi) is 4.07. The van der Waals surface area contributed by atoms with E-state index in [1.165, 1.54) is 0 Å². The molecule has 0 amide bonds. The largest absolute Gasteiger partial charge is 0.480 e. The van der Waals surface area contributed by atoms with Gasteiger partial charge in [0.05, 0.1) is 0 Å². The first-order chi connectivity index (χ1) is 8.18. The lowest BCUT2D eigenvalue weighted by atomic mass is 10.0. The maximum atomic E-state index is 11.3. The van der Waals surface area contributed by atoms with Gasteiger partial charge in [-0.2, -0.15) is 11.8 Å². The van der Waals surface area contributed by atoms with Gasteiger partial charge in [0, 0.05) is 11.8 Å². The highest BCUT2D eigenvalue weighted by molar-refractivity contribution is 7.99. The highest BCUT2D eigenvalue weighted by atomic mass is 32.2. The topological polar surface area (TPSA) is 49.3 Å². The predicted molar refractivity (Wildman–Crippen MR) is 70.2 cm³/mol. The third-order valence-corrected chi connectivity index (χ3v) is 4.48. The molecule has 4 heteroatoms. The van der Waals surface area contributed by atoms with E-state index >= 15 is 0 Å². The van der Waals surface area contributed by atoms with Crippen molar-refractivity contribution in [3.05, 3.63) is 35.9 Å². The Labute approximate surface area is 106 Å². The summed E-state index contributed by atoms with van der Waals surface area (Å²) >= 11 is 1.88. The van der Waals surface area contributed by atoms with Gasteiger partial charge in [0.15, 0.2) is 0 Å². The molecule has 3 atom stereocenters. The SMILES string of the molecule is CC1CSCC1NC(C(=O)O)c1ccccc1. The van der Waals surface area contributed by atoms with E-state index in [0.29, 0.717) is 12.0 Å². The fraction of sp³-hybridized carbons (Fsp3) is 0.462. The summed E-state index contributed by atoms with van der Waals surface area (Å²) in [5.74, 6) is 1.84. The van der Waals surface area contributed by atoms with E-state index in [0.717, 1.165) is 17.1 Å². The average Bonchev–Trinajstić information content (AvgIpc) is 2.72. The quantitative estimate of drug-likeness (QED) is 0.861. The van der Waals surface area contributed by atoms with Crippen LogP contribution in [-0.2, 0) is 4.79 Å². The van der Waals surface area contributed by atoms with Gasteiger partial charge in [0.1, 0.15) is 6.04 Å². The molecule has 0 spiro atoms. The standard InChI is InChI=1S/C13H17NO2S/c1-9-7-17-8-11(9)14-12(13(15)16)10-5-3-2-4-6-10/h2-6,9,11-12,14H,7-8H2,1H3,(H,15,16). The molecule has 3 nitrogen and oxygen atoms in total. The van der Waals surface area contributed by atoms with Gasteiger partial charge in [-0.3, -0.25) is 10.1 Å². The predicted octanol–water partition coefficient (Wildman–Crippen LogP) is 2.15. The lowest BCUT2D eigenvalue weighted by Crippen LogP contribution is -2.40. The number of hydrogen-bond donors (Lipinski definition) is 2. The fourth-order valence-electron chi connectivity index (χ4n) is 2.04. The molecule has 1 aromatic rings. The van der Waals surface area contributed by atoms with Crippen LogP contribution in [0.15, 0.2) is 30.3 Å². The summed E-state index contributed by atoms with van der Waals surface area (Å²) < 4.78 is 0. The molecule has 0 bridgehead atoms. The maximum Gasteiger partial charge on any atom is 0.325 e. The summed E-state index contributed by atoms with van der Waals surface area (Å²) in [4.78, 5) is 11.3. The van der Waals surface area contributed by atoms with E-state index in [-0.39, 0.29) is 0 Å². The van der Waals surface area contributed by atoms with E-state index in [4.69, 9.17) is 0 Å². The van der Waals surface area contributed by atoms with Crippen LogP contribution in [0.1, 0.15) is 18.5 Å². The molecular weight excluding hydrogens is 234 g/mol. The minimum Gasteiger partial charge on any atom is -0.480 e. The summed E-state index contributed by atoms with van der Waals surface area (Å²) in [6.45, 7) is 2.17. The maximum absolute atomic E-state index is 11.3. The Balaban J connectivity index is 2.11. The second-order valence-electron chi connectivity index (χ2n) is 4.47. The van der Waals surface area contributed by atoms with Crippen LogP contribution in [0.3, 0.4) is 0 Å². The van der Waals surface area contributed by atoms with Gasteiger partial charge >= 0.3 is 5.97 Å². The van der Waals surface area contributed by atoms with Gasteiger partial charge in [-0.25, -0.2) is 0 Å². The number of carbonyl (C=O) groups is 1. The van der Waals surface area contributed by atoms with Crippen LogP contribution in [0.4, 0.5) is 0 Å². The third kappa shape index (κ3) is 3.01. The highest BCUT2D eigenvalue weighted by Crippen LogP contribution is 2.26. The monoisotopic (exact) mass is 251 g/mol. The van der Waals surface area contributed by atoms with E-state index in [1.807, 2.05) is 42.1 Å². The molecule has 0 aromatic heterocycles. The second kappa shape index (κ2) is 5.56. The molecule has 0 aliphatic carbocycles. The first-order valence-electron chi connectivity index (χ1n) is 5.80. The Morgan fingerprint density at radius 2 is 2.12 bits per heavy atom. The molecule has 17 heavy (non-hydrogen) atoms. The first kappa shape index (κ1) is 12.5. The number of carboxylic acids is 1. The van der Waals surface area contributed by atoms with Crippen molar-refractivity contribution in [2.24, 2.45) is 5.92 Å². The van der Waals surface area contributed by atoms with Crippen LogP contribution in [0.25, 0.3) is 0 Å². The van der Waals surface area contributed by atoms with Crippen molar-refractivity contribution >= 4 is 17.7 Å². The number of rotatable bonds is 4. The van der Waals surface area contributed by atoms with Crippen molar-refractivity contribution in [2.45, 2.75) is 19.0 Å². The molecule has 1 aromatic carbocycles. The van der Waals surface area contributed by atoms with Crippen molar-refractivity contribution in [1.29, 1.82) is 0 Å². The Bertz CT molecular complexity index is 382. The first-order valence-corrected chi connectivity index (χ1v) is 6.95. The molecule has 2 rings (SSSR count). The fourth-order valence-corrected chi connectivity index (χ4v) is 3.46. The lowest BCUT2D eigenvalue weighted by Gasteiger charge is -2.22. The van der Waals surface area contributed by atoms with E-state index in [2.05, 4.69) is 12.2 Å². The second-order valence-corrected chi connectivity index (χ2v) is 5.54. The summed E-state index contributed by atoms with van der Waals surface area (Å²) in [5, 5.41) is 12.6. The molecule has 92 valence electrons. The van der Waals surface area contributed by atoms with Crippen LogP contribution < -0.4 is 5.32 Å². The highest BCUT2D eigenvalue weighted by Gasteiger charge is 2.29. The Hall–Kier alpha value is -1.00. The number of thioether (sulfide) groups is 1. The molecule has 1 saturated heterocycles. The van der Waals surface area contributed by atoms with Crippen molar-refractivity contribution in [1.82, 2.24) is 5.32 Å². The Morgan fingerprint density at radius 3 is 2.65 bits per heavy atom. The number of carboxylic acid groups (broad SMARTS) is 1. The van der Waals surface area contributed by atoms with Gasteiger partial charge in [-0.15, -0.1) is 0 Å². The molecule has 1 aliphatic rings. The normalized spacial score (nSPS) is 25.7. The van der Waals surface area contributed by atoms with Crippen LogP contribution in [-0.4, -0.2) is 28.6 Å². The number of nitrogens with one attached hydrogen (secondary N) is 1. The zero-order chi connectivity index (χ0) is 12.3. The third-order valence-electron chi connectivity index (χ3n) is 3.13. The number of benzene rings is 1. The summed E-state index contributed by atoms with van der Waals surface area (Å²) in [5.41, 5.74) is 0.823. The van der Waals surface area contributed by atoms with Crippen LogP contribution >= 0.6 is 11.8 Å². The van der Waals surface area contributed by atoms with Crippen LogP contribution in [0.2, 0.25) is 0 Å². The number of aliphatic carboxylic acids is 1. The van der Waals surface area contributed by atoms with Gasteiger partial charge in [-0.1, -0.05) is 37.3 Å². The summed E-state index contributed by atoms with van der Waals surface area (Å²) in [7, 11) is 0. The van der Waals surface area contributed by atoms with Gasteiger partial charge in [-0.05, 0) is 17.2 Å². The van der Waals surface area contributed by atoms with Gasteiger partial charge in [0.2, 0.25) is 0 Å². The molecule has 1 heterocycles. The van der Waals surface area contributed by atoms with E-state index < -0.39 is 12.0 Å². The van der Waals surface area contributed by atoms with E-state index in [1.54, 1.807) is 0 Å². The molecule has 2 N–H and O–H groups in total. The van der Waals surface area contributed by atoms with E-state index in [9.17, 15) is 9.90 Å². The Morgan fingerprint density at radius 1 is 1.41 bits per heavy atom. The van der Waals surface area contributed by atoms with Crippen molar-refractivity contribution in [3.63, 3.8) is 0 Å². The van der Waals surface area contributed by atoms with Crippen LogP contribution in [0.5, 0.6) is 0 Å². The van der Waals surface area contributed by atoms with Crippen LogP contribution in [0, 0.1) is 5.92 Å². The molecule has 0 radical (unpaired) electrons. The van der Waals surface area contributed by atoms with Crippen molar-refractivity contribution in [2.75, 3.05) is 11.5 Å². The average molecular weight is 251 g/mol. The zero-order valence-electron chi connectivity index (χ0n) is 9.80. The van der Waals surface area contributed by atoms with Crippen molar-refractivity contribution in [3.8, 4) is 0 Å². The minimum absolute atomic E-state index is 0.293.